The van der Waals surface area contributed by atoms with E-state index in [1.54, 1.807) is 12.1 Å². The number of para-hydroxylation sites is 1. The fourth-order valence-electron chi connectivity index (χ4n) is 2.49. The first kappa shape index (κ1) is 16.7. The third kappa shape index (κ3) is 3.66. The zero-order valence-corrected chi connectivity index (χ0v) is 14.5. The Labute approximate surface area is 142 Å². The second kappa shape index (κ2) is 6.37. The summed E-state index contributed by atoms with van der Waals surface area (Å²) in [4.78, 5) is 12.6. The van der Waals surface area contributed by atoms with Gasteiger partial charge < -0.3 is 5.32 Å². The highest BCUT2D eigenvalue weighted by molar-refractivity contribution is 7.89. The van der Waals surface area contributed by atoms with Crippen LogP contribution < -0.4 is 10.0 Å². The lowest BCUT2D eigenvalue weighted by Crippen LogP contribution is -2.26. The van der Waals surface area contributed by atoms with Gasteiger partial charge in [-0.3, -0.25) is 4.79 Å². The lowest BCUT2D eigenvalue weighted by atomic mass is 10.1. The Hall–Kier alpha value is -2.18. The van der Waals surface area contributed by atoms with Crippen LogP contribution >= 0.6 is 0 Å². The molecule has 0 spiro atoms. The summed E-state index contributed by atoms with van der Waals surface area (Å²) in [6, 6.07) is 11.9. The van der Waals surface area contributed by atoms with Crippen molar-refractivity contribution in [1.82, 2.24) is 4.72 Å². The summed E-state index contributed by atoms with van der Waals surface area (Å²) in [6.07, 6.45) is 1.73. The zero-order chi connectivity index (χ0) is 17.3. The number of carbonyl (C=O) groups is 1. The monoisotopic (exact) mass is 344 g/mol. The summed E-state index contributed by atoms with van der Waals surface area (Å²) in [7, 11) is -3.57. The molecule has 0 radical (unpaired) electrons. The van der Waals surface area contributed by atoms with Crippen LogP contribution in [0.3, 0.4) is 0 Å². The summed E-state index contributed by atoms with van der Waals surface area (Å²) in [5, 5.41) is 2.87. The number of hydrogen-bond donors (Lipinski definition) is 2. The van der Waals surface area contributed by atoms with Gasteiger partial charge in [0.05, 0.1) is 4.90 Å². The third-order valence-corrected chi connectivity index (χ3v) is 5.54. The van der Waals surface area contributed by atoms with E-state index in [2.05, 4.69) is 10.0 Å². The van der Waals surface area contributed by atoms with Crippen LogP contribution in [0.2, 0.25) is 0 Å². The van der Waals surface area contributed by atoms with E-state index in [0.29, 0.717) is 5.56 Å². The molecule has 0 heterocycles. The topological polar surface area (TPSA) is 75.3 Å². The molecule has 0 atom stereocenters. The van der Waals surface area contributed by atoms with E-state index in [1.165, 1.54) is 12.1 Å². The molecule has 1 aliphatic carbocycles. The predicted molar refractivity (Wildman–Crippen MR) is 93.7 cm³/mol. The van der Waals surface area contributed by atoms with Crippen molar-refractivity contribution in [2.75, 3.05) is 5.32 Å². The molecule has 3 rings (SSSR count). The number of rotatable bonds is 5. The lowest BCUT2D eigenvalue weighted by molar-refractivity contribution is 0.102. The van der Waals surface area contributed by atoms with Crippen molar-refractivity contribution in [3.05, 3.63) is 59.2 Å². The van der Waals surface area contributed by atoms with Crippen LogP contribution in [-0.2, 0) is 10.0 Å². The van der Waals surface area contributed by atoms with Gasteiger partial charge in [0.25, 0.3) is 5.91 Å². The molecule has 2 N–H and O–H groups in total. The van der Waals surface area contributed by atoms with E-state index in [0.717, 1.165) is 29.7 Å². The van der Waals surface area contributed by atoms with Crippen LogP contribution in [0.4, 0.5) is 5.69 Å². The first-order valence-electron chi connectivity index (χ1n) is 7.87. The molecule has 0 bridgehead atoms. The molecular formula is C18H20N2O3S. The molecule has 0 aliphatic heterocycles. The molecule has 0 saturated heterocycles. The Kier molecular flexibility index (Phi) is 4.43. The third-order valence-electron chi connectivity index (χ3n) is 4.03. The molecule has 24 heavy (non-hydrogen) atoms. The van der Waals surface area contributed by atoms with Gasteiger partial charge in [0.2, 0.25) is 10.0 Å². The van der Waals surface area contributed by atoms with Crippen molar-refractivity contribution in [2.45, 2.75) is 37.6 Å². The minimum atomic E-state index is -3.57. The number of carbonyl (C=O) groups excluding carboxylic acids is 1. The maximum Gasteiger partial charge on any atom is 0.255 e. The van der Waals surface area contributed by atoms with Gasteiger partial charge in [0.1, 0.15) is 0 Å². The van der Waals surface area contributed by atoms with Crippen LogP contribution in [0.1, 0.15) is 34.3 Å². The fraction of sp³-hybridized carbons (Fsp3) is 0.278. The van der Waals surface area contributed by atoms with Crippen molar-refractivity contribution >= 4 is 21.6 Å². The first-order valence-corrected chi connectivity index (χ1v) is 9.35. The molecule has 1 amide bonds. The average molecular weight is 344 g/mol. The van der Waals surface area contributed by atoms with Crippen molar-refractivity contribution in [3.8, 4) is 0 Å². The van der Waals surface area contributed by atoms with Crippen molar-refractivity contribution in [3.63, 3.8) is 0 Å². The van der Waals surface area contributed by atoms with Crippen LogP contribution in [0.5, 0.6) is 0 Å². The number of sulfonamides is 1. The van der Waals surface area contributed by atoms with Crippen LogP contribution in [0.15, 0.2) is 47.4 Å². The second-order valence-corrected chi connectivity index (χ2v) is 7.86. The number of benzene rings is 2. The van der Waals surface area contributed by atoms with Gasteiger partial charge in [-0.1, -0.05) is 24.3 Å². The number of hydrogen-bond acceptors (Lipinski definition) is 3. The molecular weight excluding hydrogens is 324 g/mol. The van der Waals surface area contributed by atoms with Gasteiger partial charge in [0.15, 0.2) is 0 Å². The Bertz CT molecular complexity index is 867. The number of nitrogens with one attached hydrogen (secondary N) is 2. The smallest absolute Gasteiger partial charge is 0.255 e. The SMILES string of the molecule is Cc1cccc(C)c1NC(=O)c1cccc(S(=O)(=O)NC2CC2)c1. The summed E-state index contributed by atoms with van der Waals surface area (Å²) >= 11 is 0. The molecule has 0 aromatic heterocycles. The standard InChI is InChI=1S/C18H20N2O3S/c1-12-5-3-6-13(2)17(12)19-18(21)14-7-4-8-16(11-14)24(22,23)20-15-9-10-15/h3-8,11,15,20H,9-10H2,1-2H3,(H,19,21). The Morgan fingerprint density at radius 2 is 1.67 bits per heavy atom. The van der Waals surface area contributed by atoms with Crippen LogP contribution in [0, 0.1) is 13.8 Å². The van der Waals surface area contributed by atoms with E-state index in [4.69, 9.17) is 0 Å². The van der Waals surface area contributed by atoms with E-state index in [1.807, 2.05) is 32.0 Å². The van der Waals surface area contributed by atoms with Gasteiger partial charge >= 0.3 is 0 Å². The minimum absolute atomic E-state index is 0.0297. The minimum Gasteiger partial charge on any atom is -0.322 e. The van der Waals surface area contributed by atoms with E-state index in [-0.39, 0.29) is 16.8 Å². The van der Waals surface area contributed by atoms with Crippen LogP contribution in [-0.4, -0.2) is 20.4 Å². The largest absolute Gasteiger partial charge is 0.322 e. The summed E-state index contributed by atoms with van der Waals surface area (Å²) < 4.78 is 27.2. The highest BCUT2D eigenvalue weighted by atomic mass is 32.2. The molecule has 2 aromatic carbocycles. The van der Waals surface area contributed by atoms with E-state index < -0.39 is 10.0 Å². The van der Waals surface area contributed by atoms with Gasteiger partial charge in [-0.2, -0.15) is 0 Å². The van der Waals surface area contributed by atoms with Crippen molar-refractivity contribution in [1.29, 1.82) is 0 Å². The van der Waals surface area contributed by atoms with Gasteiger partial charge in [-0.25, -0.2) is 13.1 Å². The van der Waals surface area contributed by atoms with Crippen molar-refractivity contribution in [2.24, 2.45) is 0 Å². The zero-order valence-electron chi connectivity index (χ0n) is 13.7. The Morgan fingerprint density at radius 1 is 1.04 bits per heavy atom. The molecule has 5 nitrogen and oxygen atoms in total. The Balaban J connectivity index is 1.84. The molecule has 1 aliphatic rings. The Morgan fingerprint density at radius 3 is 2.29 bits per heavy atom. The number of anilines is 1. The second-order valence-electron chi connectivity index (χ2n) is 6.14. The van der Waals surface area contributed by atoms with Gasteiger partial charge in [-0.05, 0) is 56.0 Å². The molecule has 126 valence electrons. The highest BCUT2D eigenvalue weighted by Crippen LogP contribution is 2.23. The van der Waals surface area contributed by atoms with Crippen LogP contribution in [0.25, 0.3) is 0 Å². The quantitative estimate of drug-likeness (QED) is 0.875. The fourth-order valence-corrected chi connectivity index (χ4v) is 3.84. The van der Waals surface area contributed by atoms with E-state index in [9.17, 15) is 13.2 Å². The number of aryl methyl sites for hydroxylation is 2. The maximum atomic E-state index is 12.5. The molecule has 0 unspecified atom stereocenters. The first-order chi connectivity index (χ1) is 11.4. The normalized spacial score (nSPS) is 14.4. The van der Waals surface area contributed by atoms with E-state index >= 15 is 0 Å². The summed E-state index contributed by atoms with van der Waals surface area (Å²) in [5.41, 5.74) is 2.99. The lowest BCUT2D eigenvalue weighted by Gasteiger charge is -2.12. The average Bonchev–Trinajstić information content (AvgIpc) is 3.34. The number of amides is 1. The summed E-state index contributed by atoms with van der Waals surface area (Å²) in [6.45, 7) is 3.84. The van der Waals surface area contributed by atoms with Gasteiger partial charge in [-0.15, -0.1) is 0 Å². The molecule has 2 aromatic rings. The molecule has 6 heteroatoms. The molecule has 1 saturated carbocycles. The maximum absolute atomic E-state index is 12.5. The predicted octanol–water partition coefficient (Wildman–Crippen LogP) is 3.00. The van der Waals surface area contributed by atoms with Gasteiger partial charge in [0, 0.05) is 17.3 Å². The van der Waals surface area contributed by atoms with Crippen molar-refractivity contribution < 1.29 is 13.2 Å². The highest BCUT2D eigenvalue weighted by Gasteiger charge is 2.28. The molecule has 1 fully saturated rings. The summed E-state index contributed by atoms with van der Waals surface area (Å²) in [5.74, 6) is -0.323.